The van der Waals surface area contributed by atoms with E-state index in [1.165, 1.54) is 43.5 Å². The van der Waals surface area contributed by atoms with Crippen molar-refractivity contribution in [3.8, 4) is 0 Å². The summed E-state index contributed by atoms with van der Waals surface area (Å²) in [6.45, 7) is 1.19. The number of halogens is 2. The Morgan fingerprint density at radius 2 is 1.95 bits per heavy atom. The Labute approximate surface area is 124 Å². The molecule has 1 aromatic heterocycles. The molecule has 8 heteroatoms. The van der Waals surface area contributed by atoms with Crippen molar-refractivity contribution in [2.24, 2.45) is 0 Å². The number of rotatable bonds is 3. The number of aromatic amines is 1. The normalized spacial score (nSPS) is 10.5. The number of nitrogens with one attached hydrogen (secondary N) is 1. The van der Waals surface area contributed by atoms with Gasteiger partial charge in [0.25, 0.3) is 6.43 Å². The molecule has 0 saturated heterocycles. The van der Waals surface area contributed by atoms with Crippen LogP contribution >= 0.6 is 0 Å². The molecule has 0 fully saturated rings. The third-order valence-corrected chi connectivity index (χ3v) is 2.95. The van der Waals surface area contributed by atoms with E-state index in [9.17, 15) is 24.0 Å². The second-order valence-corrected chi connectivity index (χ2v) is 4.40. The summed E-state index contributed by atoms with van der Waals surface area (Å²) in [4.78, 5) is 14.9. The number of alkyl halides is 2. The van der Waals surface area contributed by atoms with Crippen LogP contribution in [-0.2, 0) is 4.79 Å². The third kappa shape index (κ3) is 3.05. The predicted octanol–water partition coefficient (Wildman–Crippen LogP) is 2.40. The maximum absolute atomic E-state index is 13.1. The monoisotopic (exact) mass is 308 g/mol. The lowest BCUT2D eigenvalue weighted by Crippen LogP contribution is -2.27. The van der Waals surface area contributed by atoms with Crippen LogP contribution < -0.4 is 15.2 Å². The van der Waals surface area contributed by atoms with Crippen molar-refractivity contribution in [3.63, 3.8) is 0 Å². The maximum atomic E-state index is 13.1. The van der Waals surface area contributed by atoms with Gasteiger partial charge >= 0.3 is 0 Å². The predicted molar refractivity (Wildman–Crippen MR) is 77.0 cm³/mol. The van der Waals surface area contributed by atoms with Crippen LogP contribution in [0.5, 0.6) is 0 Å². The number of H-pyrrole nitrogens is 1. The number of anilines is 2. The van der Waals surface area contributed by atoms with Gasteiger partial charge < -0.3 is 15.4 Å². The van der Waals surface area contributed by atoms with Gasteiger partial charge in [-0.1, -0.05) is 18.2 Å². The summed E-state index contributed by atoms with van der Waals surface area (Å²) in [5.41, 5.74) is -0.362. The number of hydrogen-bond acceptors (Lipinski definition) is 3. The number of amides is 1. The molecule has 1 amide bonds. The summed E-state index contributed by atoms with van der Waals surface area (Å²) in [7, 11) is 0. The molecule has 0 atom stereocenters. The van der Waals surface area contributed by atoms with E-state index < -0.39 is 17.2 Å². The topological polar surface area (TPSA) is 85.2 Å². The Hall–Kier alpha value is -2.90. The highest BCUT2D eigenvalue weighted by atomic mass is 19.3. The van der Waals surface area contributed by atoms with Crippen molar-refractivity contribution >= 4 is 17.4 Å². The van der Waals surface area contributed by atoms with Crippen molar-refractivity contribution in [1.29, 1.82) is 0 Å². The van der Waals surface area contributed by atoms with E-state index in [1.54, 1.807) is 0 Å². The van der Waals surface area contributed by atoms with Gasteiger partial charge in [-0.3, -0.25) is 9.69 Å². The second-order valence-electron chi connectivity index (χ2n) is 4.40. The van der Waals surface area contributed by atoms with Gasteiger partial charge in [0, 0.05) is 24.8 Å². The number of carbonyl (C=O) groups excluding carboxylic acids is 1. The molecule has 1 heterocycles. The van der Waals surface area contributed by atoms with Crippen LogP contribution in [0, 0.1) is 10.4 Å². The average Bonchev–Trinajstić information content (AvgIpc) is 2.47. The number of para-hydroxylation sites is 1. The molecule has 0 saturated carbocycles. The Balaban J connectivity index is 2.65. The highest BCUT2D eigenvalue weighted by Crippen LogP contribution is 2.33. The third-order valence-electron chi connectivity index (χ3n) is 2.95. The van der Waals surface area contributed by atoms with E-state index >= 15 is 0 Å². The van der Waals surface area contributed by atoms with Gasteiger partial charge in [-0.2, -0.15) is 4.90 Å². The summed E-state index contributed by atoms with van der Waals surface area (Å²) in [6.07, 6.45) is -1.51. The minimum absolute atomic E-state index is 0.0262. The quantitative estimate of drug-likeness (QED) is 0.883. The standard InChI is InChI=1S/C14H12F2N3O3/c1-9(20)18(12-5-3-2-4-11(12)14(15)16)13-8-10(19(21)22)6-7-17-13/h2-8,14,17H,1H3/q-1. The molecule has 0 aliphatic heterocycles. The van der Waals surface area contributed by atoms with Crippen LogP contribution in [0.2, 0.25) is 0 Å². The van der Waals surface area contributed by atoms with E-state index in [0.717, 1.165) is 11.0 Å². The van der Waals surface area contributed by atoms with Gasteiger partial charge in [-0.15, -0.1) is 0 Å². The zero-order valence-corrected chi connectivity index (χ0v) is 11.5. The zero-order valence-electron chi connectivity index (χ0n) is 11.5. The zero-order chi connectivity index (χ0) is 16.3. The lowest BCUT2D eigenvalue weighted by molar-refractivity contribution is -0.115. The first-order valence-corrected chi connectivity index (χ1v) is 6.25. The first kappa shape index (κ1) is 15.5. The fraction of sp³-hybridized carbons (Fsp3) is 0.143. The number of carbonyl (C=O) groups is 1. The molecule has 1 aromatic carbocycles. The molecule has 22 heavy (non-hydrogen) atoms. The van der Waals surface area contributed by atoms with E-state index in [1.807, 2.05) is 0 Å². The van der Waals surface area contributed by atoms with Crippen LogP contribution in [0.25, 0.3) is 0 Å². The molecule has 2 aromatic rings. The second kappa shape index (κ2) is 6.25. The van der Waals surface area contributed by atoms with Crippen molar-refractivity contribution < 1.29 is 13.6 Å². The number of aromatic nitrogens is 1. The molecule has 116 valence electrons. The van der Waals surface area contributed by atoms with Crippen LogP contribution in [0.4, 0.5) is 20.3 Å². The van der Waals surface area contributed by atoms with E-state index in [4.69, 9.17) is 0 Å². The Bertz CT molecular complexity index is 755. The van der Waals surface area contributed by atoms with E-state index in [-0.39, 0.29) is 22.4 Å². The lowest BCUT2D eigenvalue weighted by atomic mass is 10.1. The average molecular weight is 308 g/mol. The summed E-state index contributed by atoms with van der Waals surface area (Å²) >= 11 is 0. The van der Waals surface area contributed by atoms with E-state index in [2.05, 4.69) is 4.98 Å². The highest BCUT2D eigenvalue weighted by Gasteiger charge is 2.22. The van der Waals surface area contributed by atoms with Crippen molar-refractivity contribution in [2.75, 3.05) is 4.90 Å². The smallest absolute Gasteiger partial charge is 0.265 e. The molecule has 0 unspecified atom stereocenters. The van der Waals surface area contributed by atoms with Crippen LogP contribution in [0.3, 0.4) is 0 Å². The van der Waals surface area contributed by atoms with Crippen LogP contribution in [-0.4, -0.2) is 10.9 Å². The van der Waals surface area contributed by atoms with Gasteiger partial charge in [-0.05, 0) is 6.07 Å². The summed E-state index contributed by atoms with van der Waals surface area (Å²) < 4.78 is 26.2. The number of benzene rings is 1. The van der Waals surface area contributed by atoms with Gasteiger partial charge in [0.05, 0.1) is 11.8 Å². The Morgan fingerprint density at radius 3 is 2.55 bits per heavy atom. The Morgan fingerprint density at radius 1 is 1.27 bits per heavy atom. The molecule has 0 spiro atoms. The molecular formula is C14H12F2N3O3-. The van der Waals surface area contributed by atoms with Gasteiger partial charge in [-0.25, -0.2) is 8.78 Å². The first-order chi connectivity index (χ1) is 10.4. The van der Waals surface area contributed by atoms with E-state index in [0.29, 0.717) is 0 Å². The number of hydrogen-bond donors (Lipinski definition) is 1. The molecular weight excluding hydrogens is 296 g/mol. The van der Waals surface area contributed by atoms with Crippen molar-refractivity contribution in [3.05, 3.63) is 63.9 Å². The van der Waals surface area contributed by atoms with Crippen LogP contribution in [0.15, 0.2) is 42.6 Å². The highest BCUT2D eigenvalue weighted by molar-refractivity contribution is 5.98. The SMILES string of the molecule is CC(=O)N(c1cc(=[N+]([O-])[O-])cc[nH]1)c1ccccc1C(F)F. The van der Waals surface area contributed by atoms with Gasteiger partial charge in [0.2, 0.25) is 11.3 Å². The summed E-state index contributed by atoms with van der Waals surface area (Å²) in [5.74, 6) is -0.514. The number of nitrogens with zero attached hydrogens (tertiary/aromatic N) is 2. The first-order valence-electron chi connectivity index (χ1n) is 6.25. The largest absolute Gasteiger partial charge is 0.612 e. The Kier molecular flexibility index (Phi) is 4.40. The molecule has 1 N–H and O–H groups in total. The fourth-order valence-electron chi connectivity index (χ4n) is 2.03. The number of pyridine rings is 1. The van der Waals surface area contributed by atoms with Gasteiger partial charge in [0.1, 0.15) is 5.82 Å². The fourth-order valence-corrected chi connectivity index (χ4v) is 2.03. The minimum atomic E-state index is -2.78. The molecule has 6 nitrogen and oxygen atoms in total. The van der Waals surface area contributed by atoms with Crippen molar-refractivity contribution in [2.45, 2.75) is 13.3 Å². The molecule has 0 radical (unpaired) electrons. The molecule has 0 aliphatic carbocycles. The summed E-state index contributed by atoms with van der Waals surface area (Å²) in [6, 6.07) is 7.82. The summed E-state index contributed by atoms with van der Waals surface area (Å²) in [5, 5.41) is 21.4. The molecule has 0 aliphatic rings. The molecule has 0 bridgehead atoms. The van der Waals surface area contributed by atoms with Crippen LogP contribution in [0.1, 0.15) is 18.9 Å². The lowest BCUT2D eigenvalue weighted by Gasteiger charge is -2.23. The maximum Gasteiger partial charge on any atom is 0.265 e. The van der Waals surface area contributed by atoms with Crippen molar-refractivity contribution in [1.82, 2.24) is 9.89 Å². The molecule has 2 rings (SSSR count). The minimum Gasteiger partial charge on any atom is -0.612 e. The van der Waals surface area contributed by atoms with Gasteiger partial charge in [0.15, 0.2) is 0 Å².